The van der Waals surface area contributed by atoms with Gasteiger partial charge in [-0.25, -0.2) is 10.2 Å². The SMILES string of the molecule is COc1ccc(C(=O)Oc2cccc(/C=N\NC(=O)[C@@H](C)Oc3ccc(Cl)cc3)c2)cc1. The molecule has 0 aliphatic rings. The van der Waals surface area contributed by atoms with Crippen molar-refractivity contribution < 1.29 is 23.8 Å². The summed E-state index contributed by atoms with van der Waals surface area (Å²) in [7, 11) is 1.55. The zero-order valence-corrected chi connectivity index (χ0v) is 18.2. The molecule has 0 bridgehead atoms. The Morgan fingerprint density at radius 1 is 0.969 bits per heavy atom. The molecule has 0 saturated carbocycles. The van der Waals surface area contributed by atoms with Crippen LogP contribution in [0.5, 0.6) is 17.2 Å². The number of carbonyl (C=O) groups is 2. The quantitative estimate of drug-likeness (QED) is 0.235. The van der Waals surface area contributed by atoms with Crippen LogP contribution in [-0.2, 0) is 4.79 Å². The third-order valence-corrected chi connectivity index (χ3v) is 4.53. The number of rotatable bonds is 8. The molecule has 3 aromatic rings. The zero-order chi connectivity index (χ0) is 22.9. The van der Waals surface area contributed by atoms with E-state index in [9.17, 15) is 9.59 Å². The van der Waals surface area contributed by atoms with Crippen LogP contribution in [-0.4, -0.2) is 31.3 Å². The summed E-state index contributed by atoms with van der Waals surface area (Å²) in [6.45, 7) is 1.61. The Morgan fingerprint density at radius 3 is 2.34 bits per heavy atom. The van der Waals surface area contributed by atoms with E-state index in [0.717, 1.165) is 0 Å². The minimum atomic E-state index is -0.759. The van der Waals surface area contributed by atoms with Gasteiger partial charge in [-0.05, 0) is 73.2 Å². The number of nitrogens with zero attached hydrogens (tertiary/aromatic N) is 1. The van der Waals surface area contributed by atoms with E-state index in [1.807, 2.05) is 0 Å². The molecule has 3 rings (SSSR count). The van der Waals surface area contributed by atoms with E-state index in [1.54, 1.807) is 86.8 Å². The van der Waals surface area contributed by atoms with Crippen molar-refractivity contribution in [3.63, 3.8) is 0 Å². The number of halogens is 1. The standard InChI is InChI=1S/C24H21ClN2O5/c1-16(31-21-12-8-19(25)9-13-21)23(28)27-26-15-17-4-3-5-22(14-17)32-24(29)18-6-10-20(30-2)11-7-18/h3-16H,1-2H3,(H,27,28)/b26-15-/t16-/m1/s1. The molecule has 3 aromatic carbocycles. The largest absolute Gasteiger partial charge is 0.497 e. The van der Waals surface area contributed by atoms with Crippen LogP contribution in [0.1, 0.15) is 22.8 Å². The highest BCUT2D eigenvalue weighted by Crippen LogP contribution is 2.18. The summed E-state index contributed by atoms with van der Waals surface area (Å²) in [6.07, 6.45) is 0.683. The van der Waals surface area contributed by atoms with Crippen molar-refractivity contribution in [2.75, 3.05) is 7.11 Å². The number of hydrogen-bond acceptors (Lipinski definition) is 6. The zero-order valence-electron chi connectivity index (χ0n) is 17.4. The number of methoxy groups -OCH3 is 1. The van der Waals surface area contributed by atoms with Crippen molar-refractivity contribution in [2.45, 2.75) is 13.0 Å². The number of hydrazone groups is 1. The maximum absolute atomic E-state index is 12.3. The maximum atomic E-state index is 12.3. The lowest BCUT2D eigenvalue weighted by atomic mass is 10.2. The predicted octanol–water partition coefficient (Wildman–Crippen LogP) is 4.49. The van der Waals surface area contributed by atoms with Crippen LogP contribution in [0.3, 0.4) is 0 Å². The summed E-state index contributed by atoms with van der Waals surface area (Å²) in [6, 6.07) is 20.1. The number of ether oxygens (including phenoxy) is 3. The molecular formula is C24H21ClN2O5. The Morgan fingerprint density at radius 2 is 1.66 bits per heavy atom. The summed E-state index contributed by atoms with van der Waals surface area (Å²) in [5.74, 6) is 0.601. The fourth-order valence-corrected chi connectivity index (χ4v) is 2.71. The van der Waals surface area contributed by atoms with Crippen LogP contribution in [0, 0.1) is 0 Å². The van der Waals surface area contributed by atoms with Gasteiger partial charge in [-0.2, -0.15) is 5.10 Å². The monoisotopic (exact) mass is 452 g/mol. The molecule has 0 spiro atoms. The lowest BCUT2D eigenvalue weighted by Gasteiger charge is -2.12. The van der Waals surface area contributed by atoms with E-state index in [1.165, 1.54) is 6.21 Å². The maximum Gasteiger partial charge on any atom is 0.343 e. The molecular weight excluding hydrogens is 432 g/mol. The molecule has 164 valence electrons. The smallest absolute Gasteiger partial charge is 0.343 e. The van der Waals surface area contributed by atoms with Crippen molar-refractivity contribution >= 4 is 29.7 Å². The second-order valence-electron chi connectivity index (χ2n) is 6.64. The number of benzene rings is 3. The van der Waals surface area contributed by atoms with Crippen LogP contribution in [0.4, 0.5) is 0 Å². The molecule has 1 amide bonds. The summed E-state index contributed by atoms with van der Waals surface area (Å²) < 4.78 is 16.0. The molecule has 0 fully saturated rings. The van der Waals surface area contributed by atoms with Gasteiger partial charge in [-0.3, -0.25) is 4.79 Å². The minimum Gasteiger partial charge on any atom is -0.497 e. The van der Waals surface area contributed by atoms with Gasteiger partial charge in [0.1, 0.15) is 17.2 Å². The van der Waals surface area contributed by atoms with Crippen LogP contribution in [0.15, 0.2) is 77.9 Å². The second kappa shape index (κ2) is 11.0. The summed E-state index contributed by atoms with van der Waals surface area (Å²) in [5.41, 5.74) is 3.45. The predicted molar refractivity (Wildman–Crippen MR) is 122 cm³/mol. The van der Waals surface area contributed by atoms with Gasteiger partial charge in [0.25, 0.3) is 5.91 Å². The molecule has 0 aliphatic heterocycles. The Labute approximate surface area is 190 Å². The molecule has 1 atom stereocenters. The van der Waals surface area contributed by atoms with Gasteiger partial charge in [0.2, 0.25) is 0 Å². The van der Waals surface area contributed by atoms with E-state index >= 15 is 0 Å². The van der Waals surface area contributed by atoms with Crippen LogP contribution < -0.4 is 19.6 Å². The molecule has 32 heavy (non-hydrogen) atoms. The normalized spacial score (nSPS) is 11.6. The number of esters is 1. The van der Waals surface area contributed by atoms with E-state index in [-0.39, 0.29) is 0 Å². The molecule has 0 aliphatic carbocycles. The Kier molecular flexibility index (Phi) is 7.83. The highest BCUT2D eigenvalue weighted by atomic mass is 35.5. The van der Waals surface area contributed by atoms with E-state index in [4.69, 9.17) is 25.8 Å². The average molecular weight is 453 g/mol. The first-order chi connectivity index (χ1) is 15.4. The molecule has 0 heterocycles. The highest BCUT2D eigenvalue weighted by molar-refractivity contribution is 6.30. The first-order valence-electron chi connectivity index (χ1n) is 9.66. The molecule has 0 unspecified atom stereocenters. The molecule has 0 saturated heterocycles. The molecule has 7 nitrogen and oxygen atoms in total. The van der Waals surface area contributed by atoms with Crippen molar-refractivity contribution in [3.05, 3.63) is 88.9 Å². The first kappa shape index (κ1) is 22.8. The molecule has 8 heteroatoms. The van der Waals surface area contributed by atoms with Gasteiger partial charge in [0.05, 0.1) is 18.9 Å². The fraction of sp³-hybridized carbons (Fsp3) is 0.125. The van der Waals surface area contributed by atoms with Crippen LogP contribution >= 0.6 is 11.6 Å². The first-order valence-corrected chi connectivity index (χ1v) is 10.0. The van der Waals surface area contributed by atoms with Gasteiger partial charge < -0.3 is 14.2 Å². The molecule has 0 radical (unpaired) electrons. The second-order valence-corrected chi connectivity index (χ2v) is 7.08. The van der Waals surface area contributed by atoms with E-state index in [0.29, 0.717) is 33.4 Å². The average Bonchev–Trinajstić information content (AvgIpc) is 2.80. The highest BCUT2D eigenvalue weighted by Gasteiger charge is 2.14. The topological polar surface area (TPSA) is 86.2 Å². The van der Waals surface area contributed by atoms with Gasteiger partial charge in [0.15, 0.2) is 6.10 Å². The van der Waals surface area contributed by atoms with Crippen LogP contribution in [0.2, 0.25) is 5.02 Å². The lowest BCUT2D eigenvalue weighted by molar-refractivity contribution is -0.127. The van der Waals surface area contributed by atoms with Crippen molar-refractivity contribution in [3.8, 4) is 17.2 Å². The lowest BCUT2D eigenvalue weighted by Crippen LogP contribution is -2.33. The number of hydrogen-bond donors (Lipinski definition) is 1. The van der Waals surface area contributed by atoms with Crippen LogP contribution in [0.25, 0.3) is 0 Å². The summed E-state index contributed by atoms with van der Waals surface area (Å²) >= 11 is 5.83. The Hall–Kier alpha value is -3.84. The summed E-state index contributed by atoms with van der Waals surface area (Å²) in [4.78, 5) is 24.5. The minimum absolute atomic E-state index is 0.348. The molecule has 1 N–H and O–H groups in total. The fourth-order valence-electron chi connectivity index (χ4n) is 2.58. The molecule has 0 aromatic heterocycles. The van der Waals surface area contributed by atoms with Gasteiger partial charge in [0, 0.05) is 5.02 Å². The number of carbonyl (C=O) groups excluding carboxylic acids is 2. The Balaban J connectivity index is 1.54. The van der Waals surface area contributed by atoms with Crippen molar-refractivity contribution in [1.82, 2.24) is 5.43 Å². The number of amides is 1. The third kappa shape index (κ3) is 6.58. The van der Waals surface area contributed by atoms with Crippen molar-refractivity contribution in [2.24, 2.45) is 5.10 Å². The van der Waals surface area contributed by atoms with E-state index in [2.05, 4.69) is 10.5 Å². The van der Waals surface area contributed by atoms with Crippen molar-refractivity contribution in [1.29, 1.82) is 0 Å². The van der Waals surface area contributed by atoms with Gasteiger partial charge in [-0.1, -0.05) is 23.7 Å². The van der Waals surface area contributed by atoms with Gasteiger partial charge >= 0.3 is 5.97 Å². The Bertz CT molecular complexity index is 1100. The third-order valence-electron chi connectivity index (χ3n) is 4.28. The van der Waals surface area contributed by atoms with Gasteiger partial charge in [-0.15, -0.1) is 0 Å². The number of nitrogens with one attached hydrogen (secondary N) is 1. The summed E-state index contributed by atoms with van der Waals surface area (Å²) in [5, 5.41) is 4.52. The van der Waals surface area contributed by atoms with E-state index < -0.39 is 18.0 Å².